The van der Waals surface area contributed by atoms with Crippen molar-refractivity contribution in [1.82, 2.24) is 9.78 Å². The molecular weight excluding hydrogens is 346 g/mol. The van der Waals surface area contributed by atoms with E-state index in [9.17, 15) is 0 Å². The Balaban J connectivity index is 1.59. The number of nitrogens with one attached hydrogen (secondary N) is 1. The van der Waals surface area contributed by atoms with Crippen LogP contribution in [0.1, 0.15) is 11.3 Å². The molecule has 0 aliphatic rings. The van der Waals surface area contributed by atoms with E-state index in [2.05, 4.69) is 53.8 Å². The number of hydrogen-bond acceptors (Lipinski definition) is 3. The maximum Gasteiger partial charge on any atom is 0.153 e. The van der Waals surface area contributed by atoms with Gasteiger partial charge in [0.25, 0.3) is 0 Å². The quantitative estimate of drug-likeness (QED) is 0.473. The standard InChI is InChI=1S/C24H23N3O/c1-28-23-16-13-20(14-17-23)25-24-18-22(15-12-19-8-4-2-5-9-19)27(26-24)21-10-6-3-7-11-21/h2-11,13-14,16-18H,12,15H2,1H3,(H,25,26). The van der Waals surface area contributed by atoms with E-state index < -0.39 is 0 Å². The number of aryl methyl sites for hydroxylation is 2. The molecule has 0 unspecified atom stereocenters. The van der Waals surface area contributed by atoms with Crippen LogP contribution in [-0.4, -0.2) is 16.9 Å². The van der Waals surface area contributed by atoms with Crippen LogP contribution in [0.15, 0.2) is 91.0 Å². The first kappa shape index (κ1) is 17.9. The molecule has 0 aliphatic carbocycles. The van der Waals surface area contributed by atoms with E-state index in [0.717, 1.165) is 35.8 Å². The Morgan fingerprint density at radius 2 is 1.50 bits per heavy atom. The maximum absolute atomic E-state index is 5.23. The van der Waals surface area contributed by atoms with E-state index in [1.165, 1.54) is 11.3 Å². The molecule has 4 heteroatoms. The zero-order chi connectivity index (χ0) is 19.2. The molecule has 4 aromatic rings. The fraction of sp³-hybridized carbons (Fsp3) is 0.125. The fourth-order valence-corrected chi connectivity index (χ4v) is 3.19. The number of para-hydroxylation sites is 1. The molecule has 3 aromatic carbocycles. The van der Waals surface area contributed by atoms with Crippen LogP contribution >= 0.6 is 0 Å². The Hall–Kier alpha value is -3.53. The van der Waals surface area contributed by atoms with Crippen molar-refractivity contribution in [3.63, 3.8) is 0 Å². The van der Waals surface area contributed by atoms with Gasteiger partial charge < -0.3 is 10.1 Å². The summed E-state index contributed by atoms with van der Waals surface area (Å²) in [7, 11) is 1.67. The lowest BCUT2D eigenvalue weighted by atomic mass is 10.1. The fourth-order valence-electron chi connectivity index (χ4n) is 3.19. The molecule has 4 nitrogen and oxygen atoms in total. The largest absolute Gasteiger partial charge is 0.497 e. The molecule has 4 rings (SSSR count). The summed E-state index contributed by atoms with van der Waals surface area (Å²) >= 11 is 0. The van der Waals surface area contributed by atoms with Gasteiger partial charge in [0.15, 0.2) is 5.82 Å². The van der Waals surface area contributed by atoms with Crippen molar-refractivity contribution in [2.24, 2.45) is 0 Å². The molecule has 1 heterocycles. The number of methoxy groups -OCH3 is 1. The van der Waals surface area contributed by atoms with E-state index in [1.54, 1.807) is 7.11 Å². The monoisotopic (exact) mass is 369 g/mol. The molecule has 0 bridgehead atoms. The van der Waals surface area contributed by atoms with Crippen LogP contribution in [0.2, 0.25) is 0 Å². The molecule has 0 aliphatic heterocycles. The van der Waals surface area contributed by atoms with Crippen molar-refractivity contribution >= 4 is 11.5 Å². The van der Waals surface area contributed by atoms with Crippen molar-refractivity contribution in [2.45, 2.75) is 12.8 Å². The molecule has 1 aromatic heterocycles. The van der Waals surface area contributed by atoms with Gasteiger partial charge >= 0.3 is 0 Å². The van der Waals surface area contributed by atoms with Gasteiger partial charge in [-0.3, -0.25) is 0 Å². The van der Waals surface area contributed by atoms with E-state index in [-0.39, 0.29) is 0 Å². The highest BCUT2D eigenvalue weighted by Crippen LogP contribution is 2.22. The number of rotatable bonds is 7. The summed E-state index contributed by atoms with van der Waals surface area (Å²) in [6.07, 6.45) is 1.89. The molecule has 0 spiro atoms. The van der Waals surface area contributed by atoms with Gasteiger partial charge in [0.05, 0.1) is 12.8 Å². The Morgan fingerprint density at radius 1 is 0.821 bits per heavy atom. The normalized spacial score (nSPS) is 10.6. The lowest BCUT2D eigenvalue weighted by molar-refractivity contribution is 0.415. The molecular formula is C24H23N3O. The smallest absolute Gasteiger partial charge is 0.153 e. The van der Waals surface area contributed by atoms with Crippen LogP contribution in [0.3, 0.4) is 0 Å². The third-order valence-electron chi connectivity index (χ3n) is 4.66. The molecule has 0 fully saturated rings. The highest BCUT2D eigenvalue weighted by molar-refractivity contribution is 5.58. The summed E-state index contributed by atoms with van der Waals surface area (Å²) in [6, 6.07) is 30.8. The van der Waals surface area contributed by atoms with Crippen LogP contribution < -0.4 is 10.1 Å². The second-order valence-corrected chi connectivity index (χ2v) is 6.61. The molecule has 0 amide bonds. The zero-order valence-electron chi connectivity index (χ0n) is 15.9. The number of benzene rings is 3. The SMILES string of the molecule is COc1ccc(Nc2cc(CCc3ccccc3)n(-c3ccccc3)n2)cc1. The van der Waals surface area contributed by atoms with Crippen molar-refractivity contribution in [3.8, 4) is 11.4 Å². The molecule has 28 heavy (non-hydrogen) atoms. The second kappa shape index (κ2) is 8.44. The molecule has 1 N–H and O–H groups in total. The average molecular weight is 369 g/mol. The first-order valence-corrected chi connectivity index (χ1v) is 9.41. The molecule has 0 atom stereocenters. The van der Waals surface area contributed by atoms with Gasteiger partial charge in [0.1, 0.15) is 5.75 Å². The van der Waals surface area contributed by atoms with Gasteiger partial charge in [-0.25, -0.2) is 4.68 Å². The van der Waals surface area contributed by atoms with Gasteiger partial charge in [-0.05, 0) is 54.8 Å². The van der Waals surface area contributed by atoms with E-state index in [4.69, 9.17) is 9.84 Å². The van der Waals surface area contributed by atoms with Gasteiger partial charge in [-0.2, -0.15) is 0 Å². The van der Waals surface area contributed by atoms with E-state index in [1.807, 2.05) is 47.1 Å². The average Bonchev–Trinajstić information content (AvgIpc) is 3.17. The summed E-state index contributed by atoms with van der Waals surface area (Å²) in [5, 5.41) is 8.20. The molecule has 140 valence electrons. The summed E-state index contributed by atoms with van der Waals surface area (Å²) in [4.78, 5) is 0. The van der Waals surface area contributed by atoms with E-state index >= 15 is 0 Å². The molecule has 0 saturated carbocycles. The zero-order valence-corrected chi connectivity index (χ0v) is 15.9. The lowest BCUT2D eigenvalue weighted by Gasteiger charge is -2.07. The Bertz CT molecular complexity index is 1010. The van der Waals surface area contributed by atoms with Gasteiger partial charge in [0.2, 0.25) is 0 Å². The topological polar surface area (TPSA) is 39.1 Å². The highest BCUT2D eigenvalue weighted by Gasteiger charge is 2.10. The van der Waals surface area contributed by atoms with Crippen LogP contribution in [-0.2, 0) is 12.8 Å². The highest BCUT2D eigenvalue weighted by atomic mass is 16.5. The Labute approximate surface area is 165 Å². The van der Waals surface area contributed by atoms with E-state index in [0.29, 0.717) is 0 Å². The predicted octanol–water partition coefficient (Wildman–Crippen LogP) is 5.41. The van der Waals surface area contributed by atoms with Crippen molar-refractivity contribution in [1.29, 1.82) is 0 Å². The third kappa shape index (κ3) is 4.23. The summed E-state index contributed by atoms with van der Waals surface area (Å²) < 4.78 is 7.25. The Kier molecular flexibility index (Phi) is 5.38. The number of hydrogen-bond donors (Lipinski definition) is 1. The van der Waals surface area contributed by atoms with Crippen LogP contribution in [0, 0.1) is 0 Å². The molecule has 0 radical (unpaired) electrons. The van der Waals surface area contributed by atoms with Crippen molar-refractivity contribution in [2.75, 3.05) is 12.4 Å². The predicted molar refractivity (Wildman–Crippen MR) is 114 cm³/mol. The third-order valence-corrected chi connectivity index (χ3v) is 4.66. The number of nitrogens with zero attached hydrogens (tertiary/aromatic N) is 2. The number of aromatic nitrogens is 2. The first-order chi connectivity index (χ1) is 13.8. The second-order valence-electron chi connectivity index (χ2n) is 6.61. The van der Waals surface area contributed by atoms with Crippen LogP contribution in [0.25, 0.3) is 5.69 Å². The van der Waals surface area contributed by atoms with Gasteiger partial charge in [-0.1, -0.05) is 48.5 Å². The maximum atomic E-state index is 5.23. The van der Waals surface area contributed by atoms with Crippen molar-refractivity contribution in [3.05, 3.63) is 102 Å². The first-order valence-electron chi connectivity index (χ1n) is 9.41. The van der Waals surface area contributed by atoms with Crippen LogP contribution in [0.4, 0.5) is 11.5 Å². The van der Waals surface area contributed by atoms with Crippen LogP contribution in [0.5, 0.6) is 5.75 Å². The number of ether oxygens (including phenoxy) is 1. The summed E-state index contributed by atoms with van der Waals surface area (Å²) in [5.41, 5.74) is 4.54. The summed E-state index contributed by atoms with van der Waals surface area (Å²) in [5.74, 6) is 1.67. The lowest BCUT2D eigenvalue weighted by Crippen LogP contribution is -2.03. The minimum absolute atomic E-state index is 0.831. The van der Waals surface area contributed by atoms with Gasteiger partial charge in [-0.15, -0.1) is 5.10 Å². The summed E-state index contributed by atoms with van der Waals surface area (Å²) in [6.45, 7) is 0. The Morgan fingerprint density at radius 3 is 2.18 bits per heavy atom. The minimum atomic E-state index is 0.831. The number of anilines is 2. The minimum Gasteiger partial charge on any atom is -0.497 e. The van der Waals surface area contributed by atoms with Gasteiger partial charge in [0, 0.05) is 17.4 Å². The molecule has 0 saturated heterocycles. The van der Waals surface area contributed by atoms with Crippen molar-refractivity contribution < 1.29 is 4.74 Å².